The minimum atomic E-state index is -4.86. The van der Waals surface area contributed by atoms with Gasteiger partial charge in [-0.05, 0) is 0 Å². The number of aromatic nitrogens is 2. The van der Waals surface area contributed by atoms with Gasteiger partial charge in [0.05, 0.1) is 0 Å². The molecule has 0 aliphatic heterocycles. The maximum absolute atomic E-state index is 8.62. The SMILES string of the molecule is CCC1=Cc2c(-c3c[nH]c4ccccc34)cccc2[CH]1[Zr]([Cl])([Cl])([CH]1C(CC)=Cc2c(-c3c[nH]c4ccccc34)cccc21)=[Si](C)C. The molecule has 0 bridgehead atoms. The predicted molar refractivity (Wildman–Crippen MR) is 199 cm³/mol. The van der Waals surface area contributed by atoms with E-state index in [1.54, 1.807) is 0 Å². The topological polar surface area (TPSA) is 31.6 Å². The zero-order valence-electron chi connectivity index (χ0n) is 26.7. The average Bonchev–Trinajstić information content (AvgIpc) is 3.86. The average molecular weight is 737 g/mol. The number of H-pyrrole nitrogens is 2. The summed E-state index contributed by atoms with van der Waals surface area (Å²) in [7, 11) is 17.2. The van der Waals surface area contributed by atoms with Crippen LogP contribution in [0.4, 0.5) is 0 Å². The molecule has 2 aliphatic carbocycles. The van der Waals surface area contributed by atoms with Crippen molar-refractivity contribution in [2.45, 2.75) is 47.0 Å². The number of rotatable bonds is 6. The Labute approximate surface area is 279 Å². The third-order valence-corrected chi connectivity index (χ3v) is 57.4. The molecule has 0 fully saturated rings. The second-order valence-corrected chi connectivity index (χ2v) is 52.1. The maximum atomic E-state index is 8.62. The summed E-state index contributed by atoms with van der Waals surface area (Å²) >= 11 is -4.86. The van der Waals surface area contributed by atoms with Gasteiger partial charge in [0.25, 0.3) is 0 Å². The van der Waals surface area contributed by atoms with Gasteiger partial charge in [0.15, 0.2) is 0 Å². The Morgan fingerprint density at radius 1 is 0.587 bits per heavy atom. The molecule has 0 saturated heterocycles. The van der Waals surface area contributed by atoms with Gasteiger partial charge in [-0.1, -0.05) is 0 Å². The van der Waals surface area contributed by atoms with Crippen LogP contribution in [-0.4, -0.2) is 15.4 Å². The molecule has 2 atom stereocenters. The van der Waals surface area contributed by atoms with Crippen molar-refractivity contribution in [3.05, 3.63) is 131 Å². The van der Waals surface area contributed by atoms with Crippen LogP contribution >= 0.6 is 17.0 Å². The minimum absolute atomic E-state index is 0.0708. The van der Waals surface area contributed by atoms with Crippen LogP contribution in [0, 0.1) is 0 Å². The van der Waals surface area contributed by atoms with Crippen LogP contribution in [0.15, 0.2) is 108 Å². The molecule has 6 aromatic rings. The quantitative estimate of drug-likeness (QED) is 0.160. The van der Waals surface area contributed by atoms with E-state index in [0.29, 0.717) is 0 Å². The second kappa shape index (κ2) is 11.1. The van der Waals surface area contributed by atoms with Crippen LogP contribution in [0.25, 0.3) is 56.2 Å². The molecule has 2 aliphatic rings. The Morgan fingerprint density at radius 3 is 1.43 bits per heavy atom. The molecule has 2 N–H and O–H groups in total. The van der Waals surface area contributed by atoms with Crippen molar-refractivity contribution in [1.82, 2.24) is 9.97 Å². The van der Waals surface area contributed by atoms with E-state index in [-0.39, 0.29) is 7.25 Å². The summed E-state index contributed by atoms with van der Waals surface area (Å²) in [5.74, 6) is 0. The van der Waals surface area contributed by atoms with Crippen LogP contribution in [0.1, 0.15) is 56.2 Å². The first kappa shape index (κ1) is 30.5. The van der Waals surface area contributed by atoms with E-state index in [1.165, 1.54) is 66.4 Å². The Bertz CT molecular complexity index is 2190. The summed E-state index contributed by atoms with van der Waals surface area (Å²) < 4.78 is 0.142. The molecule has 0 radical (unpaired) electrons. The number of benzene rings is 4. The zero-order chi connectivity index (χ0) is 31.8. The molecular formula is C40H38Cl2N2SiZr. The summed E-state index contributed by atoms with van der Waals surface area (Å²) in [6.45, 7) is 9.37. The summed E-state index contributed by atoms with van der Waals surface area (Å²) in [6, 6.07) is 30.8. The Kier molecular flexibility index (Phi) is 7.34. The van der Waals surface area contributed by atoms with Crippen LogP contribution in [0.5, 0.6) is 0 Å². The van der Waals surface area contributed by atoms with Crippen molar-refractivity contribution < 1.29 is 15.0 Å². The van der Waals surface area contributed by atoms with Gasteiger partial charge in [0.1, 0.15) is 0 Å². The predicted octanol–water partition coefficient (Wildman–Crippen LogP) is 12.6. The Morgan fingerprint density at radius 2 is 1.02 bits per heavy atom. The van der Waals surface area contributed by atoms with Crippen LogP contribution in [0.3, 0.4) is 0 Å². The van der Waals surface area contributed by atoms with Crippen molar-refractivity contribution in [2.75, 3.05) is 0 Å². The van der Waals surface area contributed by atoms with Crippen molar-refractivity contribution in [3.8, 4) is 22.3 Å². The molecule has 0 spiro atoms. The number of aromatic amines is 2. The van der Waals surface area contributed by atoms with Crippen molar-refractivity contribution in [2.24, 2.45) is 0 Å². The molecule has 230 valence electrons. The van der Waals surface area contributed by atoms with E-state index in [9.17, 15) is 0 Å². The van der Waals surface area contributed by atoms with E-state index in [2.05, 4.69) is 146 Å². The molecule has 4 aromatic carbocycles. The molecule has 2 nitrogen and oxygen atoms in total. The van der Waals surface area contributed by atoms with E-state index < -0.39 is 20.4 Å². The molecule has 6 heteroatoms. The van der Waals surface area contributed by atoms with Gasteiger partial charge in [-0.2, -0.15) is 0 Å². The van der Waals surface area contributed by atoms with Crippen molar-refractivity contribution in [1.29, 1.82) is 0 Å². The van der Waals surface area contributed by atoms with Gasteiger partial charge < -0.3 is 0 Å². The first-order valence-corrected chi connectivity index (χ1v) is 31.8. The Hall–Kier alpha value is -2.88. The normalized spacial score (nSPS) is 17.7. The number of halogens is 2. The zero-order valence-corrected chi connectivity index (χ0v) is 31.7. The number of allylic oxidation sites excluding steroid dienone is 2. The molecule has 2 aromatic heterocycles. The van der Waals surface area contributed by atoms with Crippen molar-refractivity contribution in [3.63, 3.8) is 0 Å². The summed E-state index contributed by atoms with van der Waals surface area (Å²) in [5.41, 5.74) is 14.2. The number of fused-ring (bicyclic) bond motifs is 4. The van der Waals surface area contributed by atoms with E-state index in [4.69, 9.17) is 17.0 Å². The number of hydrogen-bond donors (Lipinski definition) is 2. The van der Waals surface area contributed by atoms with Gasteiger partial charge in [-0.15, -0.1) is 0 Å². The summed E-state index contributed by atoms with van der Waals surface area (Å²) in [6.07, 6.45) is 11.1. The summed E-state index contributed by atoms with van der Waals surface area (Å²) in [5, 5.41) is 2.49. The monoisotopic (exact) mass is 734 g/mol. The molecule has 2 heterocycles. The molecule has 8 rings (SSSR count). The number of hydrogen-bond acceptors (Lipinski definition) is 0. The van der Waals surface area contributed by atoms with Gasteiger partial charge in [0.2, 0.25) is 0 Å². The summed E-state index contributed by atoms with van der Waals surface area (Å²) in [4.78, 5) is 7.01. The van der Waals surface area contributed by atoms with E-state index in [0.717, 1.165) is 23.9 Å². The van der Waals surface area contributed by atoms with Crippen LogP contribution in [0.2, 0.25) is 13.1 Å². The number of para-hydroxylation sites is 2. The molecule has 46 heavy (non-hydrogen) atoms. The van der Waals surface area contributed by atoms with Gasteiger partial charge in [0, 0.05) is 0 Å². The van der Waals surface area contributed by atoms with Crippen molar-refractivity contribution >= 4 is 56.4 Å². The van der Waals surface area contributed by atoms with Gasteiger partial charge in [-0.25, -0.2) is 0 Å². The Balaban J connectivity index is 1.36. The van der Waals surface area contributed by atoms with Crippen LogP contribution in [-0.2, 0) is 15.0 Å². The second-order valence-electron chi connectivity index (χ2n) is 13.3. The third kappa shape index (κ3) is 4.23. The fraction of sp³-hybridized carbons (Fsp3) is 0.200. The molecule has 2 unspecified atom stereocenters. The van der Waals surface area contributed by atoms with E-state index in [1.807, 2.05) is 0 Å². The first-order valence-electron chi connectivity index (χ1n) is 16.4. The van der Waals surface area contributed by atoms with E-state index >= 15 is 0 Å². The van der Waals surface area contributed by atoms with Gasteiger partial charge >= 0.3 is 281 Å². The fourth-order valence-corrected chi connectivity index (χ4v) is 38.0. The fourth-order valence-electron chi connectivity index (χ4n) is 8.59. The van der Waals surface area contributed by atoms with Gasteiger partial charge in [-0.3, -0.25) is 0 Å². The standard InChI is InChI=1S/2C19H16N.C2H6Si.2ClH.Zr/c2*1-2-13-10-14-6-5-8-15(17(14)11-13)18-12-20-19-9-4-3-7-16(18)19;1-3-2;;;/h2*3-12,20H,2H2,1H3;1-2H3;2*1H;/q;;;;;+2/p-2. The third-order valence-electron chi connectivity index (χ3n) is 10.9. The first-order chi connectivity index (χ1) is 22.3. The number of nitrogens with one attached hydrogen (secondary N) is 2. The molecule has 0 amide bonds. The molecule has 0 saturated carbocycles. The molecular weight excluding hydrogens is 699 g/mol. The van der Waals surface area contributed by atoms with Crippen LogP contribution < -0.4 is 0 Å².